The first kappa shape index (κ1) is 10.9. The van der Waals surface area contributed by atoms with Crippen molar-refractivity contribution < 1.29 is 0 Å². The van der Waals surface area contributed by atoms with Crippen LogP contribution in [-0.4, -0.2) is 16.1 Å². The van der Waals surface area contributed by atoms with Gasteiger partial charge in [0.15, 0.2) is 0 Å². The fraction of sp³-hybridized carbons (Fsp3) is 0.455. The van der Waals surface area contributed by atoms with Crippen LogP contribution >= 0.6 is 0 Å². The molecule has 0 fully saturated rings. The Hall–Kier alpha value is -1.62. The minimum Gasteiger partial charge on any atom is -0.314 e. The molecule has 2 rings (SSSR count). The molecular formula is C11H15N3O2. The fourth-order valence-corrected chi connectivity index (χ4v) is 2.04. The number of fused-ring (bicyclic) bond motifs is 1. The SMILES string of the molecule is CNCc1c(C)c(=O)n2c(=O)c(C)c(C)n12. The molecule has 2 heterocycles. The van der Waals surface area contributed by atoms with Crippen molar-refractivity contribution in [2.24, 2.45) is 0 Å². The maximum absolute atomic E-state index is 11.9. The minimum absolute atomic E-state index is 0.215. The average molecular weight is 221 g/mol. The third-order valence-electron chi connectivity index (χ3n) is 3.12. The van der Waals surface area contributed by atoms with Crippen molar-refractivity contribution >= 4 is 0 Å². The first-order valence-electron chi connectivity index (χ1n) is 5.21. The number of nitrogens with zero attached hydrogens (tertiary/aromatic N) is 2. The molecule has 0 saturated heterocycles. The van der Waals surface area contributed by atoms with E-state index in [1.807, 2.05) is 14.0 Å². The van der Waals surface area contributed by atoms with Crippen LogP contribution in [0.3, 0.4) is 0 Å². The molecule has 0 bridgehead atoms. The number of hydrogen-bond donors (Lipinski definition) is 1. The molecular weight excluding hydrogens is 206 g/mol. The van der Waals surface area contributed by atoms with E-state index in [0.717, 1.165) is 11.4 Å². The van der Waals surface area contributed by atoms with E-state index in [4.69, 9.17) is 0 Å². The van der Waals surface area contributed by atoms with Crippen LogP contribution in [-0.2, 0) is 6.54 Å². The Morgan fingerprint density at radius 1 is 1.00 bits per heavy atom. The van der Waals surface area contributed by atoms with Gasteiger partial charge in [-0.3, -0.25) is 9.59 Å². The molecule has 0 aliphatic heterocycles. The van der Waals surface area contributed by atoms with Gasteiger partial charge >= 0.3 is 0 Å². The second kappa shape index (κ2) is 3.45. The molecule has 86 valence electrons. The van der Waals surface area contributed by atoms with Gasteiger partial charge in [-0.2, -0.15) is 4.52 Å². The lowest BCUT2D eigenvalue weighted by Gasteiger charge is -2.01. The van der Waals surface area contributed by atoms with Crippen molar-refractivity contribution in [3.8, 4) is 0 Å². The molecule has 1 N–H and O–H groups in total. The molecule has 5 heteroatoms. The molecule has 0 aromatic carbocycles. The van der Waals surface area contributed by atoms with Crippen LogP contribution in [0.15, 0.2) is 9.59 Å². The number of hydrogen-bond acceptors (Lipinski definition) is 3. The van der Waals surface area contributed by atoms with Crippen molar-refractivity contribution in [2.45, 2.75) is 27.3 Å². The number of rotatable bonds is 2. The number of aromatic nitrogens is 2. The van der Waals surface area contributed by atoms with Gasteiger partial charge < -0.3 is 5.32 Å². The number of aryl methyl sites for hydroxylation is 1. The molecule has 2 aromatic heterocycles. The molecule has 2 aromatic rings. The fourth-order valence-electron chi connectivity index (χ4n) is 2.04. The number of nitrogens with one attached hydrogen (secondary N) is 1. The lowest BCUT2D eigenvalue weighted by atomic mass is 10.2. The van der Waals surface area contributed by atoms with Gasteiger partial charge in [-0.05, 0) is 27.8 Å². The second-order valence-corrected chi connectivity index (χ2v) is 4.05. The van der Waals surface area contributed by atoms with Gasteiger partial charge in [-0.15, -0.1) is 0 Å². The van der Waals surface area contributed by atoms with Crippen LogP contribution < -0.4 is 16.4 Å². The largest absolute Gasteiger partial charge is 0.314 e. The van der Waals surface area contributed by atoms with E-state index in [9.17, 15) is 9.59 Å². The zero-order valence-electron chi connectivity index (χ0n) is 9.92. The highest BCUT2D eigenvalue weighted by Crippen LogP contribution is 2.08. The molecule has 0 unspecified atom stereocenters. The Labute approximate surface area is 92.7 Å². The molecule has 0 radical (unpaired) electrons. The summed E-state index contributed by atoms with van der Waals surface area (Å²) in [6.45, 7) is 5.93. The predicted octanol–water partition coefficient (Wildman–Crippen LogP) is -0.158. The third kappa shape index (κ3) is 1.15. The van der Waals surface area contributed by atoms with Gasteiger partial charge in [-0.1, -0.05) is 0 Å². The van der Waals surface area contributed by atoms with Crippen LogP contribution in [0, 0.1) is 20.8 Å². The highest BCUT2D eigenvalue weighted by Gasteiger charge is 2.19. The summed E-state index contributed by atoms with van der Waals surface area (Å²) < 4.78 is 2.93. The predicted molar refractivity (Wildman–Crippen MR) is 61.5 cm³/mol. The summed E-state index contributed by atoms with van der Waals surface area (Å²) in [5.41, 5.74) is 2.53. The van der Waals surface area contributed by atoms with Gasteiger partial charge in [-0.25, -0.2) is 4.52 Å². The molecule has 16 heavy (non-hydrogen) atoms. The van der Waals surface area contributed by atoms with Crippen molar-refractivity contribution in [3.63, 3.8) is 0 Å². The van der Waals surface area contributed by atoms with Crippen LogP contribution in [0.2, 0.25) is 0 Å². The van der Waals surface area contributed by atoms with E-state index in [1.54, 1.807) is 18.4 Å². The van der Waals surface area contributed by atoms with Crippen LogP contribution in [0.4, 0.5) is 0 Å². The molecule has 5 nitrogen and oxygen atoms in total. The summed E-state index contributed by atoms with van der Waals surface area (Å²) in [5.74, 6) is 0. The standard InChI is InChI=1S/C11H15N3O2/c1-6-8(3)13-9(5-12-4)7(2)11(16)14(13)10(6)15/h12H,5H2,1-4H3. The van der Waals surface area contributed by atoms with Crippen LogP contribution in [0.25, 0.3) is 0 Å². The van der Waals surface area contributed by atoms with Gasteiger partial charge in [0.1, 0.15) is 0 Å². The summed E-state index contributed by atoms with van der Waals surface area (Å²) >= 11 is 0. The van der Waals surface area contributed by atoms with E-state index < -0.39 is 0 Å². The lowest BCUT2D eigenvalue weighted by molar-refractivity contribution is 0.703. The Morgan fingerprint density at radius 2 is 1.56 bits per heavy atom. The molecule has 0 amide bonds. The Bertz CT molecular complexity index is 651. The monoisotopic (exact) mass is 221 g/mol. The quantitative estimate of drug-likeness (QED) is 0.766. The summed E-state index contributed by atoms with van der Waals surface area (Å²) in [7, 11) is 1.82. The highest BCUT2D eigenvalue weighted by molar-refractivity contribution is 5.26. The zero-order chi connectivity index (χ0) is 12.0. The summed E-state index contributed by atoms with van der Waals surface area (Å²) in [5, 5.41) is 3.01. The normalized spacial score (nSPS) is 11.5. The maximum atomic E-state index is 11.9. The van der Waals surface area contributed by atoms with Crippen molar-refractivity contribution in [1.29, 1.82) is 0 Å². The molecule has 0 saturated carbocycles. The van der Waals surface area contributed by atoms with Crippen molar-refractivity contribution in [1.82, 2.24) is 14.3 Å². The Balaban J connectivity index is 3.02. The Kier molecular flexibility index (Phi) is 2.35. The lowest BCUT2D eigenvalue weighted by Crippen LogP contribution is -2.23. The summed E-state index contributed by atoms with van der Waals surface area (Å²) in [6, 6.07) is 0. The minimum atomic E-state index is -0.216. The third-order valence-corrected chi connectivity index (χ3v) is 3.12. The first-order valence-corrected chi connectivity index (χ1v) is 5.21. The zero-order valence-corrected chi connectivity index (χ0v) is 9.92. The van der Waals surface area contributed by atoms with E-state index in [1.165, 1.54) is 4.52 Å². The highest BCUT2D eigenvalue weighted by atomic mass is 16.2. The van der Waals surface area contributed by atoms with E-state index in [2.05, 4.69) is 5.32 Å². The van der Waals surface area contributed by atoms with Gasteiger partial charge in [0, 0.05) is 23.4 Å². The van der Waals surface area contributed by atoms with Gasteiger partial charge in [0.05, 0.1) is 5.69 Å². The van der Waals surface area contributed by atoms with E-state index in [0.29, 0.717) is 17.7 Å². The first-order chi connectivity index (χ1) is 7.50. The molecule has 0 aliphatic carbocycles. The van der Waals surface area contributed by atoms with Crippen molar-refractivity contribution in [3.05, 3.63) is 43.2 Å². The molecule has 0 atom stereocenters. The summed E-state index contributed by atoms with van der Waals surface area (Å²) in [6.07, 6.45) is 0. The Morgan fingerprint density at radius 3 is 2.12 bits per heavy atom. The van der Waals surface area contributed by atoms with Crippen LogP contribution in [0.5, 0.6) is 0 Å². The van der Waals surface area contributed by atoms with E-state index in [-0.39, 0.29) is 11.1 Å². The van der Waals surface area contributed by atoms with Crippen molar-refractivity contribution in [2.75, 3.05) is 7.05 Å². The topological polar surface area (TPSA) is 55.0 Å². The molecule has 0 aliphatic rings. The molecule has 0 spiro atoms. The average Bonchev–Trinajstić information content (AvgIpc) is 2.62. The smallest absolute Gasteiger partial charge is 0.277 e. The van der Waals surface area contributed by atoms with Gasteiger partial charge in [0.2, 0.25) is 0 Å². The van der Waals surface area contributed by atoms with Crippen LogP contribution in [0.1, 0.15) is 22.5 Å². The van der Waals surface area contributed by atoms with Gasteiger partial charge in [0.25, 0.3) is 11.1 Å². The van der Waals surface area contributed by atoms with E-state index >= 15 is 0 Å². The summed E-state index contributed by atoms with van der Waals surface area (Å²) in [4.78, 5) is 23.8. The maximum Gasteiger partial charge on any atom is 0.277 e. The second-order valence-electron chi connectivity index (χ2n) is 4.05.